The lowest BCUT2D eigenvalue weighted by atomic mass is 9.88. The van der Waals surface area contributed by atoms with Gasteiger partial charge >= 0.3 is 0 Å². The normalized spacial score (nSPS) is 14.4. The third kappa shape index (κ3) is 5.91. The van der Waals surface area contributed by atoms with Gasteiger partial charge in [-0.1, -0.05) is 24.6 Å². The second-order valence-corrected chi connectivity index (χ2v) is 9.87. The van der Waals surface area contributed by atoms with Crippen molar-refractivity contribution < 1.29 is 24.4 Å². The van der Waals surface area contributed by atoms with Gasteiger partial charge < -0.3 is 24.4 Å². The molecule has 0 spiro atoms. The molecular weight excluding hydrogens is 490 g/mol. The topological polar surface area (TPSA) is 71.4 Å². The smallest absolute Gasteiger partial charge is 0.203 e. The van der Waals surface area contributed by atoms with Crippen molar-refractivity contribution in [3.63, 3.8) is 0 Å². The number of aromatic hydroxyl groups is 2. The summed E-state index contributed by atoms with van der Waals surface area (Å²) < 4.78 is 17.0. The molecule has 206 valence electrons. The van der Waals surface area contributed by atoms with Crippen LogP contribution in [0.4, 0.5) is 0 Å². The van der Waals surface area contributed by atoms with Gasteiger partial charge in [0.1, 0.15) is 11.5 Å². The van der Waals surface area contributed by atoms with E-state index < -0.39 is 0 Å². The van der Waals surface area contributed by atoms with Crippen molar-refractivity contribution in [3.8, 4) is 39.9 Å². The molecule has 2 N–H and O–H groups in total. The van der Waals surface area contributed by atoms with Crippen molar-refractivity contribution in [2.45, 2.75) is 38.1 Å². The average Bonchev–Trinajstić information content (AvgIpc) is 2.96. The predicted molar refractivity (Wildman–Crippen MR) is 156 cm³/mol. The number of nitrogens with zero attached hydrogens (tertiary/aromatic N) is 1. The Kier molecular flexibility index (Phi) is 9.20. The minimum Gasteiger partial charge on any atom is -0.508 e. The fourth-order valence-electron chi connectivity index (χ4n) is 5.53. The van der Waals surface area contributed by atoms with Gasteiger partial charge in [0.15, 0.2) is 11.5 Å². The van der Waals surface area contributed by atoms with E-state index >= 15 is 0 Å². The minimum absolute atomic E-state index is 0.211. The Balaban J connectivity index is 1.97. The molecule has 0 saturated carbocycles. The fourth-order valence-corrected chi connectivity index (χ4v) is 5.53. The van der Waals surface area contributed by atoms with Crippen LogP contribution in [0.5, 0.6) is 28.7 Å². The summed E-state index contributed by atoms with van der Waals surface area (Å²) in [5.41, 5.74) is 5.09. The highest BCUT2D eigenvalue weighted by molar-refractivity contribution is 5.75. The van der Waals surface area contributed by atoms with Crippen LogP contribution in [0.15, 0.2) is 67.8 Å². The first-order valence-electron chi connectivity index (χ1n) is 13.4. The Morgan fingerprint density at radius 3 is 2.10 bits per heavy atom. The van der Waals surface area contributed by atoms with Crippen molar-refractivity contribution in [2.24, 2.45) is 0 Å². The maximum Gasteiger partial charge on any atom is 0.203 e. The molecule has 1 fully saturated rings. The van der Waals surface area contributed by atoms with Gasteiger partial charge in [0, 0.05) is 11.1 Å². The van der Waals surface area contributed by atoms with E-state index in [1.165, 1.54) is 6.42 Å². The lowest BCUT2D eigenvalue weighted by molar-refractivity contribution is 0.184. The predicted octanol–water partition coefficient (Wildman–Crippen LogP) is 6.82. The number of rotatable bonds is 11. The quantitative estimate of drug-likeness (QED) is 0.266. The third-order valence-corrected chi connectivity index (χ3v) is 7.39. The Morgan fingerprint density at radius 2 is 1.51 bits per heavy atom. The lowest BCUT2D eigenvalue weighted by Gasteiger charge is -2.36. The number of ether oxygens (including phenoxy) is 3. The summed E-state index contributed by atoms with van der Waals surface area (Å²) in [5.74, 6) is 2.10. The highest BCUT2D eigenvalue weighted by Crippen LogP contribution is 2.46. The number of phenols is 2. The van der Waals surface area contributed by atoms with Gasteiger partial charge in [-0.15, -0.1) is 13.2 Å². The Morgan fingerprint density at radius 1 is 0.846 bits per heavy atom. The van der Waals surface area contributed by atoms with E-state index in [-0.39, 0.29) is 17.5 Å². The van der Waals surface area contributed by atoms with Gasteiger partial charge in [0.25, 0.3) is 0 Å². The van der Waals surface area contributed by atoms with E-state index in [1.54, 1.807) is 33.5 Å². The summed E-state index contributed by atoms with van der Waals surface area (Å²) >= 11 is 0. The number of phenolic OH excluding ortho intramolecular Hbond substituents is 2. The van der Waals surface area contributed by atoms with Crippen molar-refractivity contribution in [1.29, 1.82) is 0 Å². The van der Waals surface area contributed by atoms with Crippen LogP contribution in [0.1, 0.15) is 47.6 Å². The van der Waals surface area contributed by atoms with Crippen LogP contribution in [0.2, 0.25) is 0 Å². The van der Waals surface area contributed by atoms with Gasteiger partial charge in [0.05, 0.1) is 27.4 Å². The molecule has 0 bridgehead atoms. The Hall–Kier alpha value is -3.90. The molecule has 6 nitrogen and oxygen atoms in total. The average molecular weight is 530 g/mol. The second kappa shape index (κ2) is 12.8. The first kappa shape index (κ1) is 28.1. The van der Waals surface area contributed by atoms with Crippen LogP contribution in [0, 0.1) is 0 Å². The van der Waals surface area contributed by atoms with E-state index in [4.69, 9.17) is 14.2 Å². The van der Waals surface area contributed by atoms with Crippen molar-refractivity contribution in [1.82, 2.24) is 4.90 Å². The van der Waals surface area contributed by atoms with E-state index in [9.17, 15) is 10.2 Å². The molecule has 1 unspecified atom stereocenters. The molecule has 6 heteroatoms. The molecule has 39 heavy (non-hydrogen) atoms. The lowest BCUT2D eigenvalue weighted by Crippen LogP contribution is -2.34. The van der Waals surface area contributed by atoms with Crippen molar-refractivity contribution in [2.75, 3.05) is 34.4 Å². The standard InChI is InChI=1S/C33H39NO5/c1-6-11-22-17-26(23-13-14-28(35)24(19-23)12-7-2)32(36)27(18-22)31(34-15-9-8-10-16-34)25-20-29(37-3)33(39-5)30(21-25)38-4/h6-7,13-14,17-21,31,35-36H,1-2,8-12,15-16H2,3-5H3. The van der Waals surface area contributed by atoms with E-state index in [0.29, 0.717) is 35.7 Å². The largest absolute Gasteiger partial charge is 0.508 e. The van der Waals surface area contributed by atoms with Crippen LogP contribution < -0.4 is 14.2 Å². The summed E-state index contributed by atoms with van der Waals surface area (Å²) in [6, 6.07) is 13.2. The maximum atomic E-state index is 11.9. The molecule has 0 aliphatic carbocycles. The van der Waals surface area contributed by atoms with Gasteiger partial charge in [-0.05, 0) is 97.4 Å². The van der Waals surface area contributed by atoms with Crippen molar-refractivity contribution in [3.05, 3.63) is 90.0 Å². The van der Waals surface area contributed by atoms with Crippen LogP contribution in [-0.2, 0) is 12.8 Å². The van der Waals surface area contributed by atoms with Gasteiger partial charge in [-0.2, -0.15) is 0 Å². The summed E-state index contributed by atoms with van der Waals surface area (Å²) in [5, 5.41) is 22.3. The van der Waals surface area contributed by atoms with E-state index in [2.05, 4.69) is 24.1 Å². The molecular formula is C33H39NO5. The number of allylic oxidation sites excluding steroid dienone is 2. The van der Waals surface area contributed by atoms with Crippen LogP contribution in [0.25, 0.3) is 11.1 Å². The van der Waals surface area contributed by atoms with Gasteiger partial charge in [0.2, 0.25) is 5.75 Å². The molecule has 1 atom stereocenters. The number of likely N-dealkylation sites (tertiary alicyclic amines) is 1. The monoisotopic (exact) mass is 529 g/mol. The van der Waals surface area contributed by atoms with Crippen LogP contribution in [0.3, 0.4) is 0 Å². The highest BCUT2D eigenvalue weighted by Gasteiger charge is 2.30. The SMILES string of the molecule is C=CCc1cc(-c2ccc(O)c(CC=C)c2)c(O)c(C(c2cc(OC)c(OC)c(OC)c2)N2CCCCC2)c1. The Labute approximate surface area is 231 Å². The number of hydrogen-bond acceptors (Lipinski definition) is 6. The second-order valence-electron chi connectivity index (χ2n) is 9.87. The fraction of sp³-hybridized carbons (Fsp3) is 0.333. The zero-order valence-electron chi connectivity index (χ0n) is 23.2. The number of methoxy groups -OCH3 is 3. The molecule has 0 amide bonds. The zero-order valence-corrected chi connectivity index (χ0v) is 23.2. The van der Waals surface area contributed by atoms with Crippen LogP contribution in [-0.4, -0.2) is 49.5 Å². The molecule has 1 aliphatic rings. The summed E-state index contributed by atoms with van der Waals surface area (Å²) in [7, 11) is 4.82. The zero-order chi connectivity index (χ0) is 27.9. The molecule has 0 radical (unpaired) electrons. The third-order valence-electron chi connectivity index (χ3n) is 7.39. The van der Waals surface area contributed by atoms with E-state index in [1.807, 2.05) is 36.4 Å². The number of piperidine rings is 1. The summed E-state index contributed by atoms with van der Waals surface area (Å²) in [4.78, 5) is 2.42. The maximum absolute atomic E-state index is 11.9. The molecule has 3 aromatic rings. The van der Waals surface area contributed by atoms with Gasteiger partial charge in [-0.25, -0.2) is 0 Å². The van der Waals surface area contributed by atoms with E-state index in [0.717, 1.165) is 53.7 Å². The van der Waals surface area contributed by atoms with Crippen LogP contribution >= 0.6 is 0 Å². The molecule has 3 aromatic carbocycles. The Bertz CT molecular complexity index is 1300. The molecule has 1 heterocycles. The van der Waals surface area contributed by atoms with Gasteiger partial charge in [-0.3, -0.25) is 4.90 Å². The van der Waals surface area contributed by atoms with Crippen molar-refractivity contribution >= 4 is 0 Å². The molecule has 1 saturated heterocycles. The first-order valence-corrected chi connectivity index (χ1v) is 13.4. The first-order chi connectivity index (χ1) is 18.9. The molecule has 0 aromatic heterocycles. The number of hydrogen-bond donors (Lipinski definition) is 2. The minimum atomic E-state index is -0.243. The summed E-state index contributed by atoms with van der Waals surface area (Å²) in [6.45, 7) is 9.58. The molecule has 1 aliphatic heterocycles. The summed E-state index contributed by atoms with van der Waals surface area (Å²) in [6.07, 6.45) is 8.17. The highest BCUT2D eigenvalue weighted by atomic mass is 16.5. The molecule has 4 rings (SSSR count). The number of benzene rings is 3.